The molecule has 0 aromatic rings. The summed E-state index contributed by atoms with van der Waals surface area (Å²) in [7, 11) is 0. The average molecular weight is 114 g/mol. The molecule has 5 nitrogen and oxygen atoms in total. The smallest absolute Gasteiger partial charge is 0.321 e. The molecule has 0 spiro atoms. The van der Waals surface area contributed by atoms with Gasteiger partial charge in [-0.25, -0.2) is 0 Å². The fraction of sp³-hybridized carbons (Fsp3) is 0. The summed E-state index contributed by atoms with van der Waals surface area (Å²) in [4.78, 5) is 9.91. The summed E-state index contributed by atoms with van der Waals surface area (Å²) in [5, 5.41) is 20.0. The van der Waals surface area contributed by atoms with Crippen molar-refractivity contribution in [1.29, 1.82) is 0 Å². The van der Waals surface area contributed by atoms with E-state index in [0.29, 0.717) is 12.4 Å². The van der Waals surface area contributed by atoms with E-state index in [1.54, 1.807) is 0 Å². The van der Waals surface area contributed by atoms with Gasteiger partial charge in [0.1, 0.15) is 0 Å². The van der Waals surface area contributed by atoms with Crippen LogP contribution in [0, 0.1) is 10.4 Å². The van der Waals surface area contributed by atoms with Crippen LogP contribution in [0.5, 0.6) is 0 Å². The second kappa shape index (κ2) is 1.29. The Labute approximate surface area is 44.3 Å². The van der Waals surface area contributed by atoms with Crippen LogP contribution in [0.15, 0.2) is 0 Å². The van der Waals surface area contributed by atoms with Gasteiger partial charge < -0.3 is 10.4 Å². The molecule has 0 saturated heterocycles. The molecule has 8 heavy (non-hydrogen) atoms. The Kier molecular flexibility index (Phi) is 0.768. The molecular formula is C3H2N2O3. The summed E-state index contributed by atoms with van der Waals surface area (Å²) >= 11 is 0. The van der Waals surface area contributed by atoms with Gasteiger partial charge in [0, 0.05) is 0 Å². The van der Waals surface area contributed by atoms with Crippen LogP contribution in [-0.2, 0) is 4.79 Å². The van der Waals surface area contributed by atoms with Gasteiger partial charge in [0.15, 0.2) is 0 Å². The molecule has 0 aromatic carbocycles. The molecule has 5 heteroatoms. The molecule has 0 saturated carbocycles. The molecule has 1 heterocycles. The monoisotopic (exact) mass is 114 g/mol. The van der Waals surface area contributed by atoms with Crippen LogP contribution in [0.3, 0.4) is 0 Å². The Morgan fingerprint density at radius 3 is 1.75 bits per heavy atom. The van der Waals surface area contributed by atoms with Gasteiger partial charge in [-0.3, -0.25) is 4.79 Å². The van der Waals surface area contributed by atoms with Gasteiger partial charge in [0.05, 0.1) is 9.70 Å². The van der Waals surface area contributed by atoms with Gasteiger partial charge >= 0.3 is 18.2 Å². The molecule has 1 aliphatic rings. The van der Waals surface area contributed by atoms with Crippen LogP contribution < -0.4 is 0 Å². The van der Waals surface area contributed by atoms with Crippen molar-refractivity contribution in [2.75, 3.05) is 0 Å². The molecule has 0 aromatic heterocycles. The standard InChI is InChI=1S/C3H2N2O3/c6-3-1-4(7)5(8)2-3/h1-2H. The zero-order valence-corrected chi connectivity index (χ0v) is 3.77. The molecule has 42 valence electrons. The lowest BCUT2D eigenvalue weighted by atomic mass is 10.5. The second-order valence-corrected chi connectivity index (χ2v) is 1.27. The lowest BCUT2D eigenvalue weighted by Gasteiger charge is -1.90. The largest absolute Gasteiger partial charge is 0.561 e. The lowest BCUT2D eigenvalue weighted by molar-refractivity contribution is -1.05. The third kappa shape index (κ3) is 0.534. The van der Waals surface area contributed by atoms with Gasteiger partial charge in [-0.05, 0) is 0 Å². The molecule has 1 rings (SSSR count). The van der Waals surface area contributed by atoms with Crippen molar-refractivity contribution in [3.63, 3.8) is 0 Å². The van der Waals surface area contributed by atoms with Gasteiger partial charge in [-0.2, -0.15) is 0 Å². The van der Waals surface area contributed by atoms with E-state index in [9.17, 15) is 15.2 Å². The molecule has 0 radical (unpaired) electrons. The maximum atomic E-state index is 10.1. The quantitative estimate of drug-likeness (QED) is 0.288. The van der Waals surface area contributed by atoms with Crippen LogP contribution in [0.25, 0.3) is 0 Å². The highest BCUT2D eigenvalue weighted by molar-refractivity contribution is 6.51. The van der Waals surface area contributed by atoms with Crippen molar-refractivity contribution in [3.8, 4) is 0 Å². The number of ketones is 1. The van der Waals surface area contributed by atoms with Crippen LogP contribution in [-0.4, -0.2) is 27.9 Å². The number of rotatable bonds is 0. The topological polar surface area (TPSA) is 69.2 Å². The number of carbonyl (C=O) groups excluding carboxylic acids is 1. The summed E-state index contributed by atoms with van der Waals surface area (Å²) in [5.41, 5.74) is 0. The third-order valence-corrected chi connectivity index (χ3v) is 0.670. The Balaban J connectivity index is 2.98. The van der Waals surface area contributed by atoms with Crippen molar-refractivity contribution >= 4 is 18.2 Å². The normalized spacial score (nSPS) is 18.2. The highest BCUT2D eigenvalue weighted by Gasteiger charge is 2.19. The number of hydrogen-bond acceptors (Lipinski definition) is 3. The van der Waals surface area contributed by atoms with E-state index in [-0.39, 0.29) is 9.70 Å². The maximum Gasteiger partial charge on any atom is 0.321 e. The lowest BCUT2D eigenvalue weighted by Crippen LogP contribution is -2.09. The van der Waals surface area contributed by atoms with Crippen molar-refractivity contribution in [2.24, 2.45) is 0 Å². The highest BCUT2D eigenvalue weighted by Crippen LogP contribution is 1.78. The Bertz CT molecular complexity index is 173. The molecule has 0 N–H and O–H groups in total. The molecule has 0 atom stereocenters. The Morgan fingerprint density at radius 2 is 1.62 bits per heavy atom. The van der Waals surface area contributed by atoms with E-state index in [4.69, 9.17) is 0 Å². The fourth-order valence-electron chi connectivity index (χ4n) is 0.365. The SMILES string of the molecule is O=C1C=[N+]([O-])[N+]([O-])=C1. The highest BCUT2D eigenvalue weighted by atomic mass is 16.7. The van der Waals surface area contributed by atoms with Crippen LogP contribution in [0.1, 0.15) is 0 Å². The number of nitrogens with zero attached hydrogens (tertiary/aromatic N) is 2. The first-order chi connectivity index (χ1) is 3.70. The summed E-state index contributed by atoms with van der Waals surface area (Å²) < 4.78 is 0. The van der Waals surface area contributed by atoms with E-state index < -0.39 is 5.78 Å². The summed E-state index contributed by atoms with van der Waals surface area (Å²) in [6.45, 7) is 0. The fourth-order valence-corrected chi connectivity index (χ4v) is 0.365. The first kappa shape index (κ1) is 4.76. The molecule has 0 amide bonds. The first-order valence-corrected chi connectivity index (χ1v) is 1.86. The van der Waals surface area contributed by atoms with E-state index in [1.165, 1.54) is 0 Å². The molecular weight excluding hydrogens is 112 g/mol. The summed E-state index contributed by atoms with van der Waals surface area (Å²) in [6, 6.07) is 0. The van der Waals surface area contributed by atoms with E-state index in [0.717, 1.165) is 0 Å². The zero-order valence-electron chi connectivity index (χ0n) is 3.77. The zero-order chi connectivity index (χ0) is 6.15. The number of Topliss-reactive ketones (excluding diaryl/α,β-unsaturated/α-hetero) is 1. The predicted octanol–water partition coefficient (Wildman–Crippen LogP) is -1.35. The minimum absolute atomic E-state index is 0.0810. The van der Waals surface area contributed by atoms with E-state index in [2.05, 4.69) is 0 Å². The van der Waals surface area contributed by atoms with Crippen molar-refractivity contribution < 1.29 is 14.5 Å². The summed E-state index contributed by atoms with van der Waals surface area (Å²) in [5.74, 6) is -0.574. The van der Waals surface area contributed by atoms with Crippen molar-refractivity contribution in [2.45, 2.75) is 0 Å². The summed E-state index contributed by atoms with van der Waals surface area (Å²) in [6.07, 6.45) is 1.32. The molecule has 0 aliphatic carbocycles. The minimum atomic E-state index is -0.574. The molecule has 0 unspecified atom stereocenters. The third-order valence-electron chi connectivity index (χ3n) is 0.670. The van der Waals surface area contributed by atoms with Gasteiger partial charge in [-0.15, -0.1) is 0 Å². The second-order valence-electron chi connectivity index (χ2n) is 1.27. The van der Waals surface area contributed by atoms with Crippen LogP contribution in [0.2, 0.25) is 0 Å². The van der Waals surface area contributed by atoms with Crippen molar-refractivity contribution in [3.05, 3.63) is 10.4 Å². The van der Waals surface area contributed by atoms with Crippen LogP contribution in [0.4, 0.5) is 0 Å². The van der Waals surface area contributed by atoms with Gasteiger partial charge in [0.2, 0.25) is 0 Å². The van der Waals surface area contributed by atoms with E-state index >= 15 is 0 Å². The number of hydrazone groups is 2. The van der Waals surface area contributed by atoms with Crippen LogP contribution >= 0.6 is 0 Å². The van der Waals surface area contributed by atoms with Gasteiger partial charge in [-0.1, -0.05) is 0 Å². The Hall–Kier alpha value is -1.39. The number of hydrazine groups is 1. The number of hydrogen-bond donors (Lipinski definition) is 0. The minimum Gasteiger partial charge on any atom is -0.561 e. The number of carbonyl (C=O) groups is 1. The maximum absolute atomic E-state index is 10.1. The van der Waals surface area contributed by atoms with Gasteiger partial charge in [0.25, 0.3) is 0 Å². The molecule has 0 fully saturated rings. The molecule has 0 bridgehead atoms. The van der Waals surface area contributed by atoms with E-state index in [1.807, 2.05) is 0 Å². The van der Waals surface area contributed by atoms with Crippen molar-refractivity contribution in [1.82, 2.24) is 0 Å². The first-order valence-electron chi connectivity index (χ1n) is 1.86. The Morgan fingerprint density at radius 1 is 1.25 bits per heavy atom. The molecule has 1 aliphatic heterocycles. The predicted molar refractivity (Wildman–Crippen MR) is 24.4 cm³/mol. The average Bonchev–Trinajstić information content (AvgIpc) is 1.85.